The average molecular weight is 336 g/mol. The summed E-state index contributed by atoms with van der Waals surface area (Å²) in [6.45, 7) is 0. The fourth-order valence-corrected chi connectivity index (χ4v) is 3.01. The average Bonchev–Trinajstić information content (AvgIpc) is 3.08. The van der Waals surface area contributed by atoms with Crippen molar-refractivity contribution in [3.8, 4) is 11.3 Å². The van der Waals surface area contributed by atoms with Crippen LogP contribution in [0.5, 0.6) is 0 Å². The summed E-state index contributed by atoms with van der Waals surface area (Å²) < 4.78 is 2.89. The largest absolute Gasteiger partial charge is 0.481 e. The van der Waals surface area contributed by atoms with Crippen LogP contribution in [0.25, 0.3) is 11.3 Å². The van der Waals surface area contributed by atoms with Crippen LogP contribution in [0.15, 0.2) is 34.9 Å². The minimum atomic E-state index is -0.710. The number of rotatable bonds is 3. The van der Waals surface area contributed by atoms with Gasteiger partial charge in [0, 0.05) is 10.0 Å². The summed E-state index contributed by atoms with van der Waals surface area (Å²) >= 11 is 3.41. The van der Waals surface area contributed by atoms with Gasteiger partial charge in [0.15, 0.2) is 0 Å². The number of carbonyl (C=O) groups is 1. The van der Waals surface area contributed by atoms with Gasteiger partial charge in [-0.15, -0.1) is 5.10 Å². The van der Waals surface area contributed by atoms with Crippen LogP contribution in [0.4, 0.5) is 0 Å². The second-order valence-corrected chi connectivity index (χ2v) is 5.99. The second-order valence-electron chi connectivity index (χ2n) is 5.07. The third kappa shape index (κ3) is 2.47. The van der Waals surface area contributed by atoms with Crippen molar-refractivity contribution in [1.29, 1.82) is 0 Å². The summed E-state index contributed by atoms with van der Waals surface area (Å²) in [4.78, 5) is 11.1. The lowest BCUT2D eigenvalue weighted by atomic mass is 10.1. The van der Waals surface area contributed by atoms with Crippen LogP contribution < -0.4 is 0 Å². The highest BCUT2D eigenvalue weighted by Gasteiger charge is 2.32. The minimum absolute atomic E-state index is 0.122. The molecule has 3 rings (SSSR count). The van der Waals surface area contributed by atoms with Crippen LogP contribution in [0.1, 0.15) is 25.3 Å². The Balaban J connectivity index is 1.87. The molecule has 0 spiro atoms. The molecule has 1 aromatic carbocycles. The number of hydrogen-bond donors (Lipinski definition) is 1. The van der Waals surface area contributed by atoms with Gasteiger partial charge in [0.05, 0.1) is 23.9 Å². The molecule has 2 aromatic rings. The molecule has 104 valence electrons. The van der Waals surface area contributed by atoms with Crippen LogP contribution in [0.3, 0.4) is 0 Å². The summed E-state index contributed by atoms with van der Waals surface area (Å²) in [7, 11) is 0. The Hall–Kier alpha value is -1.69. The van der Waals surface area contributed by atoms with Gasteiger partial charge in [-0.05, 0) is 31.4 Å². The first kappa shape index (κ1) is 13.3. The van der Waals surface area contributed by atoms with Gasteiger partial charge in [0.25, 0.3) is 0 Å². The molecule has 1 aliphatic carbocycles. The first-order chi connectivity index (χ1) is 9.65. The number of aromatic nitrogens is 3. The highest BCUT2D eigenvalue weighted by Crippen LogP contribution is 2.36. The van der Waals surface area contributed by atoms with Crippen molar-refractivity contribution in [3.63, 3.8) is 0 Å². The van der Waals surface area contributed by atoms with E-state index in [0.717, 1.165) is 22.2 Å². The first-order valence-electron chi connectivity index (χ1n) is 6.54. The summed E-state index contributed by atoms with van der Waals surface area (Å²) in [6, 6.07) is 8.08. The number of halogens is 1. The number of carboxylic acid groups (broad SMARTS) is 1. The molecule has 1 heterocycles. The zero-order chi connectivity index (χ0) is 14.1. The lowest BCUT2D eigenvalue weighted by Crippen LogP contribution is -2.13. The topological polar surface area (TPSA) is 68.0 Å². The van der Waals surface area contributed by atoms with Gasteiger partial charge in [-0.3, -0.25) is 4.79 Å². The molecule has 20 heavy (non-hydrogen) atoms. The number of hydrogen-bond acceptors (Lipinski definition) is 3. The van der Waals surface area contributed by atoms with E-state index in [9.17, 15) is 4.79 Å². The van der Waals surface area contributed by atoms with Gasteiger partial charge in [-0.25, -0.2) is 4.68 Å². The molecule has 1 saturated carbocycles. The number of nitrogens with zero attached hydrogens (tertiary/aromatic N) is 3. The molecule has 0 saturated heterocycles. The molecule has 0 amide bonds. The van der Waals surface area contributed by atoms with Gasteiger partial charge in [0.1, 0.15) is 0 Å². The van der Waals surface area contributed by atoms with Crippen molar-refractivity contribution in [2.45, 2.75) is 25.3 Å². The Bertz CT molecular complexity index is 624. The molecule has 6 heteroatoms. The van der Waals surface area contributed by atoms with E-state index in [4.69, 9.17) is 5.11 Å². The second kappa shape index (κ2) is 5.36. The molecule has 1 aromatic heterocycles. The summed E-state index contributed by atoms with van der Waals surface area (Å²) in [5.74, 6) is -0.972. The van der Waals surface area contributed by atoms with Crippen LogP contribution in [-0.2, 0) is 4.79 Å². The standard InChI is InChI=1S/C14H14BrN3O2/c15-11-4-1-9(2-5-11)13-8-16-17-18(13)12-6-3-10(7-12)14(19)20/h1-2,4-5,8,10,12H,3,6-7H2,(H,19,20)/t10-,12+/m0/s1. The van der Waals surface area contributed by atoms with Crippen molar-refractivity contribution < 1.29 is 9.90 Å². The number of aliphatic carboxylic acids is 1. The van der Waals surface area contributed by atoms with E-state index >= 15 is 0 Å². The van der Waals surface area contributed by atoms with Crippen molar-refractivity contribution in [2.24, 2.45) is 5.92 Å². The molecule has 1 N–H and O–H groups in total. The first-order valence-corrected chi connectivity index (χ1v) is 7.33. The third-order valence-electron chi connectivity index (χ3n) is 3.81. The highest BCUT2D eigenvalue weighted by molar-refractivity contribution is 9.10. The van der Waals surface area contributed by atoms with Crippen molar-refractivity contribution in [3.05, 3.63) is 34.9 Å². The molecule has 0 unspecified atom stereocenters. The highest BCUT2D eigenvalue weighted by atomic mass is 79.9. The van der Waals surface area contributed by atoms with Gasteiger partial charge in [-0.2, -0.15) is 0 Å². The predicted molar refractivity (Wildman–Crippen MR) is 77.2 cm³/mol. The van der Waals surface area contributed by atoms with Gasteiger partial charge < -0.3 is 5.11 Å². The SMILES string of the molecule is O=C(O)[C@H]1CC[C@@H](n2nncc2-c2ccc(Br)cc2)C1. The third-order valence-corrected chi connectivity index (χ3v) is 4.34. The van der Waals surface area contributed by atoms with E-state index in [0.29, 0.717) is 12.8 Å². The Morgan fingerprint density at radius 3 is 2.70 bits per heavy atom. The van der Waals surface area contributed by atoms with Gasteiger partial charge in [-0.1, -0.05) is 33.3 Å². The summed E-state index contributed by atoms with van der Waals surface area (Å²) in [5, 5.41) is 17.2. The zero-order valence-electron chi connectivity index (χ0n) is 10.7. The predicted octanol–water partition coefficient (Wildman–Crippen LogP) is 3.13. The lowest BCUT2D eigenvalue weighted by Gasteiger charge is -2.13. The maximum atomic E-state index is 11.1. The molecular formula is C14H14BrN3O2. The van der Waals surface area contributed by atoms with E-state index in [1.807, 2.05) is 28.9 Å². The Labute approximate surface area is 124 Å². The van der Waals surface area contributed by atoms with Crippen LogP contribution in [0, 0.1) is 5.92 Å². The summed E-state index contributed by atoms with van der Waals surface area (Å²) in [6.07, 6.45) is 3.91. The monoisotopic (exact) mass is 335 g/mol. The molecule has 5 nitrogen and oxygen atoms in total. The fraction of sp³-hybridized carbons (Fsp3) is 0.357. The lowest BCUT2D eigenvalue weighted by molar-refractivity contribution is -0.141. The Morgan fingerprint density at radius 1 is 1.30 bits per heavy atom. The van der Waals surface area contributed by atoms with Gasteiger partial charge in [0.2, 0.25) is 0 Å². The molecule has 1 fully saturated rings. The zero-order valence-corrected chi connectivity index (χ0v) is 12.3. The Morgan fingerprint density at radius 2 is 2.05 bits per heavy atom. The van der Waals surface area contributed by atoms with Crippen molar-refractivity contribution >= 4 is 21.9 Å². The van der Waals surface area contributed by atoms with Crippen LogP contribution >= 0.6 is 15.9 Å². The van der Waals surface area contributed by atoms with Gasteiger partial charge >= 0.3 is 5.97 Å². The van der Waals surface area contributed by atoms with Crippen LogP contribution in [-0.4, -0.2) is 26.1 Å². The maximum Gasteiger partial charge on any atom is 0.306 e. The van der Waals surface area contributed by atoms with Crippen LogP contribution in [0.2, 0.25) is 0 Å². The number of carboxylic acids is 1. The fourth-order valence-electron chi connectivity index (χ4n) is 2.74. The molecule has 2 atom stereocenters. The van der Waals surface area contributed by atoms with Crippen molar-refractivity contribution in [2.75, 3.05) is 0 Å². The van der Waals surface area contributed by atoms with E-state index < -0.39 is 5.97 Å². The minimum Gasteiger partial charge on any atom is -0.481 e. The quantitative estimate of drug-likeness (QED) is 0.935. The van der Waals surface area contributed by atoms with E-state index in [1.54, 1.807) is 6.20 Å². The van der Waals surface area contributed by atoms with Crippen molar-refractivity contribution in [1.82, 2.24) is 15.0 Å². The van der Waals surface area contributed by atoms with E-state index in [1.165, 1.54) is 0 Å². The molecule has 0 aliphatic heterocycles. The molecule has 0 bridgehead atoms. The smallest absolute Gasteiger partial charge is 0.306 e. The van der Waals surface area contributed by atoms with E-state index in [-0.39, 0.29) is 12.0 Å². The molecule has 1 aliphatic rings. The molecule has 0 radical (unpaired) electrons. The Kier molecular flexibility index (Phi) is 3.56. The normalized spacial score (nSPS) is 22.1. The molecular weight excluding hydrogens is 322 g/mol. The maximum absolute atomic E-state index is 11.1. The van der Waals surface area contributed by atoms with E-state index in [2.05, 4.69) is 26.2 Å². The number of benzene rings is 1. The summed E-state index contributed by atoms with van der Waals surface area (Å²) in [5.41, 5.74) is 1.98.